The van der Waals surface area contributed by atoms with Crippen LogP contribution in [0.3, 0.4) is 0 Å². The highest BCUT2D eigenvalue weighted by atomic mass is 79.9. The number of amidine groups is 1. The fraction of sp³-hybridized carbons (Fsp3) is 0.200. The van der Waals surface area contributed by atoms with Crippen molar-refractivity contribution in [3.63, 3.8) is 0 Å². The molecule has 0 saturated heterocycles. The van der Waals surface area contributed by atoms with E-state index >= 15 is 0 Å². The van der Waals surface area contributed by atoms with Gasteiger partial charge in [-0.25, -0.2) is 4.39 Å². The molecule has 188 valence electrons. The molecule has 2 N–H and O–H groups in total. The number of anilines is 1. The predicted octanol–water partition coefficient (Wildman–Crippen LogP) is 8.44. The van der Waals surface area contributed by atoms with Crippen LogP contribution in [0.15, 0.2) is 94.1 Å². The zero-order valence-electron chi connectivity index (χ0n) is 20.4. The van der Waals surface area contributed by atoms with Crippen molar-refractivity contribution in [2.45, 2.75) is 32.6 Å². The van der Waals surface area contributed by atoms with Gasteiger partial charge in [0.1, 0.15) is 17.4 Å². The summed E-state index contributed by atoms with van der Waals surface area (Å²) < 4.78 is 14.7. The Morgan fingerprint density at radius 3 is 2.41 bits per heavy atom. The lowest BCUT2D eigenvalue weighted by molar-refractivity contribution is -0.118. The Balaban J connectivity index is 1.85. The van der Waals surface area contributed by atoms with Gasteiger partial charge in [0.15, 0.2) is 5.78 Å². The van der Waals surface area contributed by atoms with E-state index in [4.69, 9.17) is 11.6 Å². The third-order valence-corrected chi connectivity index (χ3v) is 7.61. The molecule has 0 fully saturated rings. The average Bonchev–Trinajstić information content (AvgIpc) is 2.83. The van der Waals surface area contributed by atoms with Gasteiger partial charge in [-0.15, -0.1) is 0 Å². The van der Waals surface area contributed by atoms with Crippen molar-refractivity contribution in [2.75, 3.05) is 4.90 Å². The number of hydrogen-bond donors (Lipinski definition) is 2. The first-order valence-corrected chi connectivity index (χ1v) is 13.1. The van der Waals surface area contributed by atoms with Crippen LogP contribution in [-0.4, -0.2) is 16.7 Å². The molecular weight excluding hydrogens is 555 g/mol. The quantitative estimate of drug-likeness (QED) is 0.306. The highest BCUT2D eigenvalue weighted by Crippen LogP contribution is 2.51. The highest BCUT2D eigenvalue weighted by Gasteiger charge is 2.46. The van der Waals surface area contributed by atoms with Gasteiger partial charge < -0.3 is 5.11 Å². The summed E-state index contributed by atoms with van der Waals surface area (Å²) in [4.78, 5) is 15.6. The molecule has 5 rings (SSSR count). The van der Waals surface area contributed by atoms with E-state index in [1.807, 2.05) is 38.1 Å². The summed E-state index contributed by atoms with van der Waals surface area (Å²) in [6.45, 7) is 4.08. The van der Waals surface area contributed by atoms with E-state index in [1.165, 1.54) is 12.1 Å². The molecule has 0 aromatic heterocycles. The molecule has 4 nitrogen and oxygen atoms in total. The highest BCUT2D eigenvalue weighted by molar-refractivity contribution is 9.10. The fourth-order valence-corrected chi connectivity index (χ4v) is 5.78. The molecule has 1 aliphatic heterocycles. The summed E-state index contributed by atoms with van der Waals surface area (Å²) in [6, 6.07) is 20.1. The van der Waals surface area contributed by atoms with Crippen LogP contribution in [0.1, 0.15) is 43.7 Å². The molecule has 1 aliphatic carbocycles. The number of carbonyl (C=O) groups excluding carboxylic acids is 1. The van der Waals surface area contributed by atoms with Gasteiger partial charge in [-0.2, -0.15) is 0 Å². The smallest absolute Gasteiger partial charge is 0.162 e. The zero-order valence-corrected chi connectivity index (χ0v) is 22.7. The van der Waals surface area contributed by atoms with E-state index in [1.54, 1.807) is 41.3 Å². The maximum atomic E-state index is 13.9. The van der Waals surface area contributed by atoms with E-state index < -0.39 is 11.7 Å². The number of benzene rings is 3. The number of nitrogens with one attached hydrogen (secondary N) is 1. The van der Waals surface area contributed by atoms with E-state index in [2.05, 4.69) is 15.9 Å². The van der Waals surface area contributed by atoms with Crippen molar-refractivity contribution in [1.29, 1.82) is 5.41 Å². The van der Waals surface area contributed by atoms with E-state index in [9.17, 15) is 19.7 Å². The average molecular weight is 580 g/mol. The molecule has 0 saturated carbocycles. The molecule has 2 aliphatic rings. The Bertz CT molecular complexity index is 1480. The van der Waals surface area contributed by atoms with Gasteiger partial charge in [0.2, 0.25) is 0 Å². The SMILES string of the molecule is CC1(C)CC(=O)C2=C(C1)N(c1cccc(Br)c1)C(=N)/C(=C(/O)c1ccc(Cl)cc1)C2c1ccc(F)cc1. The molecule has 0 spiro atoms. The summed E-state index contributed by atoms with van der Waals surface area (Å²) in [7, 11) is 0. The normalized spacial score (nSPS) is 20.7. The van der Waals surface area contributed by atoms with Crippen molar-refractivity contribution in [3.05, 3.63) is 116 Å². The summed E-state index contributed by atoms with van der Waals surface area (Å²) >= 11 is 9.61. The molecule has 0 bridgehead atoms. The van der Waals surface area contributed by atoms with Gasteiger partial charge in [0.05, 0.1) is 0 Å². The Morgan fingerprint density at radius 1 is 1.08 bits per heavy atom. The second-order valence-electron chi connectivity index (χ2n) is 10.2. The van der Waals surface area contributed by atoms with Crippen molar-refractivity contribution in [1.82, 2.24) is 0 Å². The number of aliphatic hydroxyl groups excluding tert-OH is 1. The first-order chi connectivity index (χ1) is 17.6. The van der Waals surface area contributed by atoms with Crippen LogP contribution in [-0.2, 0) is 4.79 Å². The number of halogens is 3. The molecule has 3 aromatic carbocycles. The number of allylic oxidation sites excluding steroid dienone is 2. The molecule has 3 aromatic rings. The number of hydrogen-bond acceptors (Lipinski definition) is 3. The van der Waals surface area contributed by atoms with Crippen LogP contribution in [0.25, 0.3) is 5.76 Å². The minimum Gasteiger partial charge on any atom is -0.507 e. The van der Waals surface area contributed by atoms with Crippen molar-refractivity contribution >= 4 is 50.6 Å². The minimum absolute atomic E-state index is 0.0468. The van der Waals surface area contributed by atoms with Crippen molar-refractivity contribution < 1.29 is 14.3 Å². The molecule has 1 atom stereocenters. The largest absolute Gasteiger partial charge is 0.507 e. The molecule has 0 amide bonds. The van der Waals surface area contributed by atoms with Gasteiger partial charge >= 0.3 is 0 Å². The van der Waals surface area contributed by atoms with E-state index in [0.29, 0.717) is 40.3 Å². The van der Waals surface area contributed by atoms with Crippen molar-refractivity contribution in [3.8, 4) is 0 Å². The van der Waals surface area contributed by atoms with Gasteiger partial charge in [-0.1, -0.05) is 59.6 Å². The van der Waals surface area contributed by atoms with Gasteiger partial charge in [-0.3, -0.25) is 15.1 Å². The maximum absolute atomic E-state index is 13.9. The van der Waals surface area contributed by atoms with Gasteiger partial charge in [0.25, 0.3) is 0 Å². The lowest BCUT2D eigenvalue weighted by Gasteiger charge is -2.45. The minimum atomic E-state index is -0.731. The lowest BCUT2D eigenvalue weighted by Crippen LogP contribution is -2.45. The Kier molecular flexibility index (Phi) is 6.59. The van der Waals surface area contributed by atoms with Crippen LogP contribution in [0.5, 0.6) is 0 Å². The fourth-order valence-electron chi connectivity index (χ4n) is 5.27. The molecule has 1 unspecified atom stereocenters. The van der Waals surface area contributed by atoms with Crippen LogP contribution in [0, 0.1) is 16.6 Å². The first kappa shape index (κ1) is 25.4. The van der Waals surface area contributed by atoms with Crippen LogP contribution in [0.4, 0.5) is 10.1 Å². The summed E-state index contributed by atoms with van der Waals surface area (Å²) in [5.74, 6) is -1.24. The third kappa shape index (κ3) is 4.76. The molecule has 0 radical (unpaired) electrons. The summed E-state index contributed by atoms with van der Waals surface area (Å²) in [5, 5.41) is 21.6. The molecular formula is C30H25BrClFN2O2. The monoisotopic (exact) mass is 578 g/mol. The maximum Gasteiger partial charge on any atom is 0.162 e. The Morgan fingerprint density at radius 2 is 1.76 bits per heavy atom. The van der Waals surface area contributed by atoms with Gasteiger partial charge in [-0.05, 0) is 72.0 Å². The predicted molar refractivity (Wildman–Crippen MR) is 150 cm³/mol. The topological polar surface area (TPSA) is 64.4 Å². The van der Waals surface area contributed by atoms with Gasteiger partial charge in [0, 0.05) is 49.9 Å². The van der Waals surface area contributed by atoms with Crippen LogP contribution >= 0.6 is 27.5 Å². The van der Waals surface area contributed by atoms with E-state index in [-0.39, 0.29) is 28.4 Å². The zero-order chi connectivity index (χ0) is 26.5. The second-order valence-corrected chi connectivity index (χ2v) is 11.6. The summed E-state index contributed by atoms with van der Waals surface area (Å²) in [5.41, 5.74) is 3.03. The number of Topliss-reactive ketones (excluding diaryl/α,β-unsaturated/α-hetero) is 1. The number of ketones is 1. The standard InChI is InChI=1S/C30H25BrClFN2O2/c1-30(2)15-23-26(24(36)16-30)25(17-8-12-21(33)13-9-17)27(28(37)18-6-10-20(32)11-7-18)29(34)35(23)22-5-3-4-19(31)14-22/h3-14,25,34,37H,15-16H2,1-2H3/b28-27+,34-29?. The van der Waals surface area contributed by atoms with Crippen molar-refractivity contribution in [2.24, 2.45) is 5.41 Å². The number of aliphatic hydroxyl groups is 1. The van der Waals surface area contributed by atoms with E-state index in [0.717, 1.165) is 10.2 Å². The number of nitrogens with zero attached hydrogens (tertiary/aromatic N) is 1. The summed E-state index contributed by atoms with van der Waals surface area (Å²) in [6.07, 6.45) is 0.897. The third-order valence-electron chi connectivity index (χ3n) is 6.86. The molecule has 37 heavy (non-hydrogen) atoms. The van der Waals surface area contributed by atoms with Crippen LogP contribution in [0.2, 0.25) is 5.02 Å². The second kappa shape index (κ2) is 9.58. The molecule has 1 heterocycles. The lowest BCUT2D eigenvalue weighted by atomic mass is 9.67. The number of rotatable bonds is 3. The first-order valence-electron chi connectivity index (χ1n) is 11.9. The number of carbonyl (C=O) groups is 1. The molecule has 7 heteroatoms. The Labute approximate surface area is 228 Å². The van der Waals surface area contributed by atoms with Crippen LogP contribution < -0.4 is 4.90 Å². The Hall–Kier alpha value is -3.22.